The Morgan fingerprint density at radius 1 is 1.16 bits per heavy atom. The number of aromatic nitrogens is 3. The Kier molecular flexibility index (Phi) is 6.62. The summed E-state index contributed by atoms with van der Waals surface area (Å²) in [4.78, 5) is 4.70. The molecule has 0 saturated carbocycles. The van der Waals surface area contributed by atoms with E-state index in [0.717, 1.165) is 43.8 Å². The minimum absolute atomic E-state index is 0.648. The molecular formula is C16H18N4O2S3. The molecule has 0 amide bonds. The van der Waals surface area contributed by atoms with E-state index < -0.39 is 0 Å². The van der Waals surface area contributed by atoms with Gasteiger partial charge < -0.3 is 14.8 Å². The molecule has 0 radical (unpaired) electrons. The fourth-order valence-corrected chi connectivity index (χ4v) is 4.58. The van der Waals surface area contributed by atoms with Crippen LogP contribution < -0.4 is 10.1 Å². The lowest BCUT2D eigenvalue weighted by atomic mass is 10.2. The number of benzene rings is 1. The summed E-state index contributed by atoms with van der Waals surface area (Å²) in [5.41, 5.74) is 2.15. The van der Waals surface area contributed by atoms with Crippen molar-refractivity contribution >= 4 is 39.6 Å². The number of nitrogens with zero attached hydrogens (tertiary/aromatic N) is 3. The van der Waals surface area contributed by atoms with Crippen LogP contribution in [0.4, 0.5) is 5.13 Å². The molecule has 25 heavy (non-hydrogen) atoms. The van der Waals surface area contributed by atoms with E-state index >= 15 is 0 Å². The lowest BCUT2D eigenvalue weighted by molar-refractivity contribution is 0.211. The number of thioether (sulfide) groups is 1. The molecule has 0 bridgehead atoms. The zero-order valence-corrected chi connectivity index (χ0v) is 16.3. The lowest BCUT2D eigenvalue weighted by Crippen LogP contribution is -2.06. The van der Waals surface area contributed by atoms with Gasteiger partial charge in [-0.1, -0.05) is 23.1 Å². The van der Waals surface area contributed by atoms with Crippen LogP contribution in [0.5, 0.6) is 5.75 Å². The Balaban J connectivity index is 1.54. The minimum atomic E-state index is 0.648. The third kappa shape index (κ3) is 5.15. The van der Waals surface area contributed by atoms with E-state index in [2.05, 4.69) is 20.9 Å². The van der Waals surface area contributed by atoms with Crippen LogP contribution in [0.2, 0.25) is 0 Å². The first-order valence-electron chi connectivity index (χ1n) is 7.56. The van der Waals surface area contributed by atoms with Crippen molar-refractivity contribution in [2.45, 2.75) is 10.1 Å². The van der Waals surface area contributed by atoms with Crippen LogP contribution in [0, 0.1) is 0 Å². The first-order chi connectivity index (χ1) is 12.3. The molecule has 0 aliphatic carbocycles. The first kappa shape index (κ1) is 18.1. The molecule has 132 valence electrons. The predicted molar refractivity (Wildman–Crippen MR) is 104 cm³/mol. The fourth-order valence-electron chi connectivity index (χ4n) is 1.97. The third-order valence-electron chi connectivity index (χ3n) is 3.22. The van der Waals surface area contributed by atoms with Gasteiger partial charge in [-0.15, -0.1) is 21.5 Å². The standard InChI is InChI=1S/C16H18N4O2S3/c1-21-8-7-17-15-19-20-16(25-15)24-10-12-9-23-14(18-12)11-3-5-13(22-2)6-4-11/h3-6,9H,7-8,10H2,1-2H3,(H,17,19). The molecule has 0 saturated heterocycles. The second-order valence-corrected chi connectivity index (χ2v) is 8.01. The average molecular weight is 395 g/mol. The van der Waals surface area contributed by atoms with E-state index in [1.54, 1.807) is 48.7 Å². The van der Waals surface area contributed by atoms with Gasteiger partial charge in [0.25, 0.3) is 0 Å². The molecule has 0 unspecified atom stereocenters. The number of nitrogens with one attached hydrogen (secondary N) is 1. The van der Waals surface area contributed by atoms with E-state index in [-0.39, 0.29) is 0 Å². The summed E-state index contributed by atoms with van der Waals surface area (Å²) in [6, 6.07) is 7.95. The smallest absolute Gasteiger partial charge is 0.206 e. The normalized spacial score (nSPS) is 10.8. The molecule has 9 heteroatoms. The van der Waals surface area contributed by atoms with Crippen molar-refractivity contribution in [2.75, 3.05) is 32.7 Å². The highest BCUT2D eigenvalue weighted by Crippen LogP contribution is 2.31. The molecule has 1 aromatic carbocycles. The van der Waals surface area contributed by atoms with Crippen molar-refractivity contribution in [3.05, 3.63) is 35.3 Å². The molecular weight excluding hydrogens is 376 g/mol. The van der Waals surface area contributed by atoms with Crippen LogP contribution in [-0.2, 0) is 10.5 Å². The van der Waals surface area contributed by atoms with Gasteiger partial charge in [-0.05, 0) is 24.3 Å². The molecule has 1 N–H and O–H groups in total. The van der Waals surface area contributed by atoms with Crippen molar-refractivity contribution in [1.82, 2.24) is 15.2 Å². The van der Waals surface area contributed by atoms with Crippen molar-refractivity contribution < 1.29 is 9.47 Å². The molecule has 0 fully saturated rings. The van der Waals surface area contributed by atoms with E-state index in [1.807, 2.05) is 24.3 Å². The van der Waals surface area contributed by atoms with Crippen LogP contribution in [0.15, 0.2) is 34.0 Å². The van der Waals surface area contributed by atoms with Crippen LogP contribution in [0.25, 0.3) is 10.6 Å². The van der Waals surface area contributed by atoms with Crippen molar-refractivity contribution in [3.8, 4) is 16.3 Å². The van der Waals surface area contributed by atoms with Gasteiger partial charge in [-0.2, -0.15) is 0 Å². The number of ether oxygens (including phenoxy) is 2. The highest BCUT2D eigenvalue weighted by molar-refractivity contribution is 8.00. The van der Waals surface area contributed by atoms with Crippen LogP contribution in [0.3, 0.4) is 0 Å². The second-order valence-electron chi connectivity index (χ2n) is 4.95. The van der Waals surface area contributed by atoms with E-state index in [4.69, 9.17) is 14.5 Å². The number of hydrogen-bond donors (Lipinski definition) is 1. The minimum Gasteiger partial charge on any atom is -0.497 e. The summed E-state index contributed by atoms with van der Waals surface area (Å²) < 4.78 is 11.1. The van der Waals surface area contributed by atoms with Crippen molar-refractivity contribution in [3.63, 3.8) is 0 Å². The first-order valence-corrected chi connectivity index (χ1v) is 10.2. The highest BCUT2D eigenvalue weighted by atomic mass is 32.2. The monoisotopic (exact) mass is 394 g/mol. The summed E-state index contributed by atoms with van der Waals surface area (Å²) in [5, 5.41) is 15.4. The Morgan fingerprint density at radius 2 is 2.00 bits per heavy atom. The SMILES string of the molecule is COCCNc1nnc(SCc2csc(-c3ccc(OC)cc3)n2)s1. The summed E-state index contributed by atoms with van der Waals surface area (Å²) in [7, 11) is 3.34. The number of rotatable bonds is 9. The van der Waals surface area contributed by atoms with Gasteiger partial charge in [0.15, 0.2) is 4.34 Å². The molecule has 3 aromatic rings. The molecule has 2 aromatic heterocycles. The number of hydrogen-bond acceptors (Lipinski definition) is 9. The number of thiazole rings is 1. The van der Waals surface area contributed by atoms with E-state index in [0.29, 0.717) is 6.61 Å². The number of methoxy groups -OCH3 is 2. The zero-order valence-electron chi connectivity index (χ0n) is 13.9. The predicted octanol–water partition coefficient (Wildman–Crippen LogP) is 4.02. The molecule has 0 aliphatic heterocycles. The van der Waals surface area contributed by atoms with Crippen LogP contribution in [-0.4, -0.2) is 42.6 Å². The Labute approximate surface area is 158 Å². The summed E-state index contributed by atoms with van der Waals surface area (Å²) in [6.07, 6.45) is 0. The maximum atomic E-state index is 5.19. The quantitative estimate of drug-likeness (QED) is 0.434. The zero-order chi connectivity index (χ0) is 17.5. The van der Waals surface area contributed by atoms with Gasteiger partial charge in [-0.3, -0.25) is 0 Å². The van der Waals surface area contributed by atoms with Crippen LogP contribution >= 0.6 is 34.4 Å². The largest absolute Gasteiger partial charge is 0.497 e. The molecule has 6 nitrogen and oxygen atoms in total. The average Bonchev–Trinajstić information content (AvgIpc) is 3.30. The van der Waals surface area contributed by atoms with Crippen LogP contribution in [0.1, 0.15) is 5.69 Å². The Morgan fingerprint density at radius 3 is 2.76 bits per heavy atom. The molecule has 3 rings (SSSR count). The van der Waals surface area contributed by atoms with Gasteiger partial charge in [0.1, 0.15) is 10.8 Å². The summed E-state index contributed by atoms with van der Waals surface area (Å²) in [6.45, 7) is 1.38. The fraction of sp³-hybridized carbons (Fsp3) is 0.312. The van der Waals surface area contributed by atoms with Gasteiger partial charge in [-0.25, -0.2) is 4.98 Å². The molecule has 0 spiro atoms. The summed E-state index contributed by atoms with van der Waals surface area (Å²) >= 11 is 4.84. The summed E-state index contributed by atoms with van der Waals surface area (Å²) in [5.74, 6) is 1.63. The Hall–Kier alpha value is -1.68. The van der Waals surface area contributed by atoms with Gasteiger partial charge in [0.05, 0.1) is 19.4 Å². The molecule has 2 heterocycles. The van der Waals surface area contributed by atoms with E-state index in [1.165, 1.54) is 0 Å². The second kappa shape index (κ2) is 9.14. The van der Waals surface area contributed by atoms with Gasteiger partial charge >= 0.3 is 0 Å². The maximum absolute atomic E-state index is 5.19. The highest BCUT2D eigenvalue weighted by Gasteiger charge is 2.08. The molecule has 0 aliphatic rings. The van der Waals surface area contributed by atoms with Crippen molar-refractivity contribution in [1.29, 1.82) is 0 Å². The van der Waals surface area contributed by atoms with Gasteiger partial charge in [0.2, 0.25) is 5.13 Å². The van der Waals surface area contributed by atoms with Gasteiger partial charge in [0, 0.05) is 30.4 Å². The van der Waals surface area contributed by atoms with E-state index in [9.17, 15) is 0 Å². The maximum Gasteiger partial charge on any atom is 0.206 e. The Bertz CT molecular complexity index is 789. The lowest BCUT2D eigenvalue weighted by Gasteiger charge is -2.00. The number of anilines is 1. The molecule has 0 atom stereocenters. The van der Waals surface area contributed by atoms with Crippen molar-refractivity contribution in [2.24, 2.45) is 0 Å². The topological polar surface area (TPSA) is 69.2 Å². The third-order valence-corrected chi connectivity index (χ3v) is 6.21.